The van der Waals surface area contributed by atoms with E-state index in [0.717, 1.165) is 5.56 Å². The molecule has 0 aliphatic heterocycles. The Morgan fingerprint density at radius 3 is 2.25 bits per heavy atom. The van der Waals surface area contributed by atoms with E-state index in [0.29, 0.717) is 0 Å². The number of hydrogen-bond acceptors (Lipinski definition) is 3. The molecule has 0 aliphatic rings. The lowest BCUT2D eigenvalue weighted by Crippen LogP contribution is -2.27. The van der Waals surface area contributed by atoms with E-state index in [1.54, 1.807) is 13.8 Å². The van der Waals surface area contributed by atoms with Crippen molar-refractivity contribution in [3.05, 3.63) is 64.7 Å². The minimum atomic E-state index is -3.56. The first-order valence-corrected chi connectivity index (χ1v) is 9.55. The molecule has 0 heterocycles. The van der Waals surface area contributed by atoms with Gasteiger partial charge in [-0.3, -0.25) is 4.79 Å². The van der Waals surface area contributed by atoms with Crippen molar-refractivity contribution in [2.24, 2.45) is 0 Å². The maximum Gasteiger partial charge on any atom is 0.251 e. The summed E-state index contributed by atoms with van der Waals surface area (Å²) < 4.78 is 24.7. The molecule has 128 valence electrons. The van der Waals surface area contributed by atoms with E-state index < -0.39 is 15.1 Å². The SMILES string of the molecule is CC(NC(=O)c1ccc(Cl)c(S(=O)(=O)C(C)C)c1)c1ccccc1. The molecule has 24 heavy (non-hydrogen) atoms. The number of benzene rings is 2. The van der Waals surface area contributed by atoms with Crippen LogP contribution < -0.4 is 5.32 Å². The minimum Gasteiger partial charge on any atom is -0.346 e. The first-order valence-electron chi connectivity index (χ1n) is 7.62. The lowest BCUT2D eigenvalue weighted by molar-refractivity contribution is 0.0939. The minimum absolute atomic E-state index is 0.0146. The van der Waals surface area contributed by atoms with Crippen LogP contribution in [0.1, 0.15) is 42.7 Å². The van der Waals surface area contributed by atoms with Gasteiger partial charge in [0.05, 0.1) is 21.2 Å². The Labute approximate surface area is 147 Å². The highest BCUT2D eigenvalue weighted by Gasteiger charge is 2.24. The number of nitrogens with one attached hydrogen (secondary N) is 1. The van der Waals surface area contributed by atoms with E-state index in [-0.39, 0.29) is 27.4 Å². The van der Waals surface area contributed by atoms with Crippen molar-refractivity contribution in [2.75, 3.05) is 0 Å². The highest BCUT2D eigenvalue weighted by Crippen LogP contribution is 2.26. The molecule has 2 aromatic rings. The number of sulfone groups is 1. The van der Waals surface area contributed by atoms with Gasteiger partial charge in [0, 0.05) is 5.56 Å². The summed E-state index contributed by atoms with van der Waals surface area (Å²) >= 11 is 6.02. The summed E-state index contributed by atoms with van der Waals surface area (Å²) in [5, 5.41) is 2.37. The maximum atomic E-state index is 12.4. The lowest BCUT2D eigenvalue weighted by Gasteiger charge is -2.15. The van der Waals surface area contributed by atoms with Gasteiger partial charge in [-0.25, -0.2) is 8.42 Å². The summed E-state index contributed by atoms with van der Waals surface area (Å²) in [6.45, 7) is 5.03. The summed E-state index contributed by atoms with van der Waals surface area (Å²) in [6.07, 6.45) is 0. The fourth-order valence-corrected chi connectivity index (χ4v) is 3.80. The fourth-order valence-electron chi connectivity index (χ4n) is 2.22. The molecular formula is C18H20ClNO3S. The zero-order chi connectivity index (χ0) is 17.9. The van der Waals surface area contributed by atoms with Crippen molar-refractivity contribution < 1.29 is 13.2 Å². The van der Waals surface area contributed by atoms with E-state index in [1.165, 1.54) is 18.2 Å². The predicted molar refractivity (Wildman–Crippen MR) is 96.1 cm³/mol. The molecule has 1 atom stereocenters. The molecule has 0 aromatic heterocycles. The van der Waals surface area contributed by atoms with Crippen molar-refractivity contribution in [1.82, 2.24) is 5.32 Å². The van der Waals surface area contributed by atoms with E-state index in [4.69, 9.17) is 11.6 Å². The lowest BCUT2D eigenvalue weighted by atomic mass is 10.1. The van der Waals surface area contributed by atoms with Crippen LogP contribution in [-0.4, -0.2) is 19.6 Å². The monoisotopic (exact) mass is 365 g/mol. The Hall–Kier alpha value is -1.85. The molecule has 0 saturated heterocycles. The van der Waals surface area contributed by atoms with Crippen molar-refractivity contribution in [3.8, 4) is 0 Å². The van der Waals surface area contributed by atoms with Crippen molar-refractivity contribution >= 4 is 27.3 Å². The molecule has 1 amide bonds. The van der Waals surface area contributed by atoms with Crippen molar-refractivity contribution in [3.63, 3.8) is 0 Å². The quantitative estimate of drug-likeness (QED) is 0.870. The third kappa shape index (κ3) is 3.97. The van der Waals surface area contributed by atoms with E-state index in [1.807, 2.05) is 37.3 Å². The summed E-state index contributed by atoms with van der Waals surface area (Å²) in [5.41, 5.74) is 1.23. The topological polar surface area (TPSA) is 63.2 Å². The van der Waals surface area contributed by atoms with Crippen LogP contribution in [0, 0.1) is 0 Å². The van der Waals surface area contributed by atoms with Gasteiger partial charge in [0.15, 0.2) is 9.84 Å². The van der Waals surface area contributed by atoms with Gasteiger partial charge in [-0.15, -0.1) is 0 Å². The molecule has 0 bridgehead atoms. The van der Waals surface area contributed by atoms with Gasteiger partial charge in [0.1, 0.15) is 0 Å². The van der Waals surface area contributed by atoms with Gasteiger partial charge in [0.2, 0.25) is 0 Å². The van der Waals surface area contributed by atoms with Crippen molar-refractivity contribution in [1.29, 1.82) is 0 Å². The number of rotatable bonds is 5. The molecule has 0 spiro atoms. The Bertz CT molecular complexity index is 833. The van der Waals surface area contributed by atoms with E-state index >= 15 is 0 Å². The van der Waals surface area contributed by atoms with Gasteiger partial charge in [-0.1, -0.05) is 41.9 Å². The Kier molecular flexibility index (Phi) is 5.67. The van der Waals surface area contributed by atoms with Crippen LogP contribution in [0.15, 0.2) is 53.4 Å². The van der Waals surface area contributed by atoms with Crippen LogP contribution in [0.25, 0.3) is 0 Å². The standard InChI is InChI=1S/C18H20ClNO3S/c1-12(2)24(22,23)17-11-15(9-10-16(17)19)18(21)20-13(3)14-7-5-4-6-8-14/h4-13H,1-3H3,(H,20,21). The Morgan fingerprint density at radius 1 is 1.04 bits per heavy atom. The molecule has 0 aliphatic carbocycles. The zero-order valence-corrected chi connectivity index (χ0v) is 15.4. The number of halogens is 1. The average molecular weight is 366 g/mol. The summed E-state index contributed by atoms with van der Waals surface area (Å²) in [5.74, 6) is -0.344. The van der Waals surface area contributed by atoms with Crippen LogP contribution in [0.4, 0.5) is 0 Å². The van der Waals surface area contributed by atoms with Gasteiger partial charge in [-0.2, -0.15) is 0 Å². The average Bonchev–Trinajstić information content (AvgIpc) is 2.55. The molecule has 4 nitrogen and oxygen atoms in total. The number of hydrogen-bond donors (Lipinski definition) is 1. The van der Waals surface area contributed by atoms with Crippen LogP contribution in [-0.2, 0) is 9.84 Å². The smallest absolute Gasteiger partial charge is 0.251 e. The number of amides is 1. The second kappa shape index (κ2) is 7.36. The number of carbonyl (C=O) groups excluding carboxylic acids is 1. The normalized spacial score (nSPS) is 12.9. The summed E-state index contributed by atoms with van der Waals surface area (Å²) in [7, 11) is -3.56. The summed E-state index contributed by atoms with van der Waals surface area (Å²) in [6, 6.07) is 13.6. The highest BCUT2D eigenvalue weighted by molar-refractivity contribution is 7.92. The first kappa shape index (κ1) is 18.5. The molecule has 0 radical (unpaired) electrons. The number of carbonyl (C=O) groups is 1. The first-order chi connectivity index (χ1) is 11.2. The van der Waals surface area contributed by atoms with Crippen LogP contribution in [0.2, 0.25) is 5.02 Å². The maximum absolute atomic E-state index is 12.4. The van der Waals surface area contributed by atoms with Gasteiger partial charge in [-0.05, 0) is 44.5 Å². The molecule has 1 unspecified atom stereocenters. The van der Waals surface area contributed by atoms with Gasteiger partial charge < -0.3 is 5.32 Å². The molecule has 2 rings (SSSR count). The summed E-state index contributed by atoms with van der Waals surface area (Å²) in [4.78, 5) is 12.4. The van der Waals surface area contributed by atoms with Crippen molar-refractivity contribution in [2.45, 2.75) is 37.0 Å². The fraction of sp³-hybridized carbons (Fsp3) is 0.278. The second-order valence-corrected chi connectivity index (χ2v) is 8.72. The third-order valence-corrected chi connectivity index (χ3v) is 6.40. The Balaban J connectivity index is 2.28. The largest absolute Gasteiger partial charge is 0.346 e. The van der Waals surface area contributed by atoms with Crippen LogP contribution >= 0.6 is 11.6 Å². The van der Waals surface area contributed by atoms with E-state index in [2.05, 4.69) is 5.32 Å². The van der Waals surface area contributed by atoms with Gasteiger partial charge in [0.25, 0.3) is 5.91 Å². The molecule has 0 fully saturated rings. The molecule has 2 aromatic carbocycles. The molecule has 1 N–H and O–H groups in total. The second-order valence-electron chi connectivity index (χ2n) is 5.84. The molecular weight excluding hydrogens is 346 g/mol. The van der Waals surface area contributed by atoms with Crippen LogP contribution in [0.3, 0.4) is 0 Å². The highest BCUT2D eigenvalue weighted by atomic mass is 35.5. The predicted octanol–water partition coefficient (Wildman–Crippen LogP) is 4.01. The molecule has 0 saturated carbocycles. The molecule has 6 heteroatoms. The third-order valence-electron chi connectivity index (χ3n) is 3.77. The van der Waals surface area contributed by atoms with Crippen LogP contribution in [0.5, 0.6) is 0 Å². The van der Waals surface area contributed by atoms with E-state index in [9.17, 15) is 13.2 Å². The zero-order valence-electron chi connectivity index (χ0n) is 13.8. The Morgan fingerprint density at radius 2 is 1.67 bits per heavy atom. The van der Waals surface area contributed by atoms with Gasteiger partial charge >= 0.3 is 0 Å².